The molecule has 0 radical (unpaired) electrons. The number of hydrogen-bond donors (Lipinski definition) is 1. The van der Waals surface area contributed by atoms with Crippen molar-refractivity contribution < 1.29 is 14.7 Å². The first kappa shape index (κ1) is 13.8. The third-order valence-corrected chi connectivity index (χ3v) is 2.76. The maximum absolute atomic E-state index is 11.9. The highest BCUT2D eigenvalue weighted by atomic mass is 16.4. The fraction of sp³-hybridized carbons (Fsp3) is 0.818. The standard InChI is InChI=1S/C11H21N3O3/c1-12(2)5-3-6-13-7-4-8-14(11(13)17)9-10(15)16/h3-9H2,1-2H3,(H,15,16). The molecule has 6 heteroatoms. The minimum atomic E-state index is -0.950. The molecule has 2 amide bonds. The molecule has 1 rings (SSSR count). The van der Waals surface area contributed by atoms with Gasteiger partial charge >= 0.3 is 12.0 Å². The van der Waals surface area contributed by atoms with Crippen molar-refractivity contribution in [2.45, 2.75) is 12.8 Å². The Hall–Kier alpha value is -1.30. The molecule has 1 fully saturated rings. The number of carbonyl (C=O) groups is 2. The van der Waals surface area contributed by atoms with Gasteiger partial charge in [0, 0.05) is 19.6 Å². The van der Waals surface area contributed by atoms with E-state index in [1.54, 1.807) is 4.90 Å². The van der Waals surface area contributed by atoms with Gasteiger partial charge in [-0.3, -0.25) is 4.79 Å². The molecule has 0 aromatic heterocycles. The molecule has 1 aliphatic heterocycles. The summed E-state index contributed by atoms with van der Waals surface area (Å²) in [6.07, 6.45) is 1.76. The van der Waals surface area contributed by atoms with Gasteiger partial charge in [-0.2, -0.15) is 0 Å². The summed E-state index contributed by atoms with van der Waals surface area (Å²) in [7, 11) is 3.99. The van der Waals surface area contributed by atoms with E-state index in [0.29, 0.717) is 13.1 Å². The first-order valence-electron chi connectivity index (χ1n) is 5.91. The molecule has 0 saturated carbocycles. The zero-order valence-corrected chi connectivity index (χ0v) is 10.6. The van der Waals surface area contributed by atoms with Gasteiger partial charge in [0.15, 0.2) is 0 Å². The van der Waals surface area contributed by atoms with Crippen molar-refractivity contribution in [1.29, 1.82) is 0 Å². The molecule has 1 N–H and O–H groups in total. The van der Waals surface area contributed by atoms with Crippen LogP contribution < -0.4 is 0 Å². The van der Waals surface area contributed by atoms with Crippen LogP contribution in [0.25, 0.3) is 0 Å². The van der Waals surface area contributed by atoms with E-state index in [4.69, 9.17) is 5.11 Å². The van der Waals surface area contributed by atoms with Gasteiger partial charge in [0.25, 0.3) is 0 Å². The predicted octanol–water partition coefficient (Wildman–Crippen LogP) is 0.150. The first-order chi connectivity index (χ1) is 8.00. The summed E-state index contributed by atoms with van der Waals surface area (Å²) in [5.41, 5.74) is 0. The lowest BCUT2D eigenvalue weighted by molar-refractivity contribution is -0.138. The highest BCUT2D eigenvalue weighted by Gasteiger charge is 2.26. The van der Waals surface area contributed by atoms with Gasteiger partial charge in [-0.25, -0.2) is 4.79 Å². The molecule has 17 heavy (non-hydrogen) atoms. The van der Waals surface area contributed by atoms with Crippen LogP contribution in [-0.2, 0) is 4.79 Å². The van der Waals surface area contributed by atoms with Crippen LogP contribution in [0.1, 0.15) is 12.8 Å². The van der Waals surface area contributed by atoms with Gasteiger partial charge < -0.3 is 19.8 Å². The number of hydrogen-bond acceptors (Lipinski definition) is 3. The molecule has 0 aromatic rings. The Morgan fingerprint density at radius 1 is 1.35 bits per heavy atom. The normalized spacial score (nSPS) is 16.8. The Morgan fingerprint density at radius 3 is 2.59 bits per heavy atom. The van der Waals surface area contributed by atoms with Crippen LogP contribution in [-0.4, -0.2) is 78.6 Å². The minimum absolute atomic E-state index is 0.141. The first-order valence-corrected chi connectivity index (χ1v) is 5.91. The average Bonchev–Trinajstić information content (AvgIpc) is 2.22. The summed E-state index contributed by atoms with van der Waals surface area (Å²) < 4.78 is 0. The SMILES string of the molecule is CN(C)CCCN1CCCN(CC(=O)O)C1=O. The number of urea groups is 1. The molecule has 6 nitrogen and oxygen atoms in total. The molecule has 98 valence electrons. The van der Waals surface area contributed by atoms with Crippen molar-refractivity contribution in [3.63, 3.8) is 0 Å². The van der Waals surface area contributed by atoms with Crippen LogP contribution in [0.4, 0.5) is 4.79 Å². The summed E-state index contributed by atoms with van der Waals surface area (Å²) in [6.45, 7) is 2.73. The van der Waals surface area contributed by atoms with E-state index >= 15 is 0 Å². The van der Waals surface area contributed by atoms with E-state index in [-0.39, 0.29) is 12.6 Å². The lowest BCUT2D eigenvalue weighted by Gasteiger charge is -2.34. The van der Waals surface area contributed by atoms with E-state index < -0.39 is 5.97 Å². The fourth-order valence-electron chi connectivity index (χ4n) is 1.94. The summed E-state index contributed by atoms with van der Waals surface area (Å²) in [5, 5.41) is 8.70. The van der Waals surface area contributed by atoms with Crippen LogP contribution in [0.3, 0.4) is 0 Å². The Kier molecular flexibility index (Phi) is 5.21. The van der Waals surface area contributed by atoms with Crippen molar-refractivity contribution in [2.75, 3.05) is 46.8 Å². The summed E-state index contributed by atoms with van der Waals surface area (Å²) in [4.78, 5) is 27.7. The molecular formula is C11H21N3O3. The second-order valence-corrected chi connectivity index (χ2v) is 4.60. The zero-order valence-electron chi connectivity index (χ0n) is 10.6. The van der Waals surface area contributed by atoms with Crippen molar-refractivity contribution in [3.8, 4) is 0 Å². The Bertz CT molecular complexity index is 281. The molecule has 1 saturated heterocycles. The maximum atomic E-state index is 11.9. The summed E-state index contributed by atoms with van der Waals surface area (Å²) in [5.74, 6) is -0.950. The molecule has 0 aromatic carbocycles. The zero-order chi connectivity index (χ0) is 12.8. The summed E-state index contributed by atoms with van der Waals surface area (Å²) in [6, 6.07) is -0.141. The van der Waals surface area contributed by atoms with Crippen molar-refractivity contribution in [3.05, 3.63) is 0 Å². The molecule has 1 heterocycles. The van der Waals surface area contributed by atoms with Crippen LogP contribution in [0, 0.1) is 0 Å². The van der Waals surface area contributed by atoms with Gasteiger partial charge in [0.2, 0.25) is 0 Å². The number of nitrogens with zero attached hydrogens (tertiary/aromatic N) is 3. The van der Waals surface area contributed by atoms with Crippen molar-refractivity contribution >= 4 is 12.0 Å². The lowest BCUT2D eigenvalue weighted by Crippen LogP contribution is -2.51. The van der Waals surface area contributed by atoms with E-state index in [9.17, 15) is 9.59 Å². The van der Waals surface area contributed by atoms with Gasteiger partial charge in [-0.1, -0.05) is 0 Å². The maximum Gasteiger partial charge on any atom is 0.323 e. The Morgan fingerprint density at radius 2 is 2.00 bits per heavy atom. The lowest BCUT2D eigenvalue weighted by atomic mass is 10.2. The smallest absolute Gasteiger partial charge is 0.323 e. The molecule has 1 aliphatic rings. The third-order valence-electron chi connectivity index (χ3n) is 2.76. The van der Waals surface area contributed by atoms with Gasteiger partial charge in [-0.15, -0.1) is 0 Å². The molecule has 0 bridgehead atoms. The largest absolute Gasteiger partial charge is 0.480 e. The van der Waals surface area contributed by atoms with Crippen LogP contribution >= 0.6 is 0 Å². The number of carboxylic acids is 1. The van der Waals surface area contributed by atoms with Crippen LogP contribution in [0.5, 0.6) is 0 Å². The van der Waals surface area contributed by atoms with E-state index in [2.05, 4.69) is 4.90 Å². The van der Waals surface area contributed by atoms with E-state index in [0.717, 1.165) is 25.9 Å². The van der Waals surface area contributed by atoms with Gasteiger partial charge in [-0.05, 0) is 33.5 Å². The second-order valence-electron chi connectivity index (χ2n) is 4.60. The van der Waals surface area contributed by atoms with Crippen LogP contribution in [0.2, 0.25) is 0 Å². The fourth-order valence-corrected chi connectivity index (χ4v) is 1.94. The molecule has 0 unspecified atom stereocenters. The number of carboxylic acid groups (broad SMARTS) is 1. The van der Waals surface area contributed by atoms with Crippen LogP contribution in [0.15, 0.2) is 0 Å². The second kappa shape index (κ2) is 6.44. The topological polar surface area (TPSA) is 64.1 Å². The van der Waals surface area contributed by atoms with Crippen molar-refractivity contribution in [2.24, 2.45) is 0 Å². The Labute approximate surface area is 102 Å². The molecular weight excluding hydrogens is 222 g/mol. The quantitative estimate of drug-likeness (QED) is 0.721. The third kappa shape index (κ3) is 4.60. The number of carbonyl (C=O) groups excluding carboxylic acids is 1. The summed E-state index contributed by atoms with van der Waals surface area (Å²) >= 11 is 0. The van der Waals surface area contributed by atoms with E-state index in [1.165, 1.54) is 4.90 Å². The molecule has 0 aliphatic carbocycles. The molecule has 0 spiro atoms. The van der Waals surface area contributed by atoms with Gasteiger partial charge in [0.1, 0.15) is 6.54 Å². The van der Waals surface area contributed by atoms with E-state index in [1.807, 2.05) is 14.1 Å². The van der Waals surface area contributed by atoms with Crippen molar-refractivity contribution in [1.82, 2.24) is 14.7 Å². The number of amides is 2. The average molecular weight is 243 g/mol. The monoisotopic (exact) mass is 243 g/mol. The Balaban J connectivity index is 2.39. The van der Waals surface area contributed by atoms with Gasteiger partial charge in [0.05, 0.1) is 0 Å². The number of rotatable bonds is 6. The number of aliphatic carboxylic acids is 1. The predicted molar refractivity (Wildman–Crippen MR) is 64.0 cm³/mol. The highest BCUT2D eigenvalue weighted by Crippen LogP contribution is 2.09. The molecule has 0 atom stereocenters. The highest BCUT2D eigenvalue weighted by molar-refractivity contribution is 5.80. The minimum Gasteiger partial charge on any atom is -0.480 e.